The van der Waals surface area contributed by atoms with Crippen LogP contribution < -0.4 is 9.62 Å². The molecule has 0 saturated heterocycles. The topological polar surface area (TPSA) is 86.8 Å². The zero-order valence-electron chi connectivity index (χ0n) is 22.9. The molecule has 1 fully saturated rings. The molecule has 1 aliphatic carbocycles. The van der Waals surface area contributed by atoms with E-state index in [1.54, 1.807) is 43.3 Å². The van der Waals surface area contributed by atoms with Crippen molar-refractivity contribution < 1.29 is 18.0 Å². The summed E-state index contributed by atoms with van der Waals surface area (Å²) < 4.78 is 28.7. The molecule has 7 nitrogen and oxygen atoms in total. The van der Waals surface area contributed by atoms with E-state index < -0.39 is 28.5 Å². The number of halogens is 4. The predicted molar refractivity (Wildman–Crippen MR) is 169 cm³/mol. The summed E-state index contributed by atoms with van der Waals surface area (Å²) in [7, 11) is -4.22. The predicted octanol–water partition coefficient (Wildman–Crippen LogP) is 7.36. The van der Waals surface area contributed by atoms with Gasteiger partial charge in [0.25, 0.3) is 10.0 Å². The van der Waals surface area contributed by atoms with Crippen LogP contribution in [-0.4, -0.2) is 43.8 Å². The van der Waals surface area contributed by atoms with E-state index in [1.165, 1.54) is 35.2 Å². The van der Waals surface area contributed by atoms with Gasteiger partial charge >= 0.3 is 0 Å². The van der Waals surface area contributed by atoms with Gasteiger partial charge in [-0.3, -0.25) is 13.9 Å². The van der Waals surface area contributed by atoms with Crippen molar-refractivity contribution in [1.29, 1.82) is 0 Å². The summed E-state index contributed by atoms with van der Waals surface area (Å²) in [5.41, 5.74) is 0.775. The number of benzene rings is 3. The van der Waals surface area contributed by atoms with Gasteiger partial charge in [-0.2, -0.15) is 0 Å². The minimum absolute atomic E-state index is 0.00439. The van der Waals surface area contributed by atoms with Crippen LogP contribution in [0.5, 0.6) is 0 Å². The molecule has 3 aromatic rings. The molecule has 2 amide bonds. The molecule has 0 heterocycles. The molecule has 4 rings (SSSR count). The number of hydrogen-bond acceptors (Lipinski definition) is 4. The van der Waals surface area contributed by atoms with Crippen LogP contribution >= 0.6 is 46.4 Å². The molecule has 3 aromatic carbocycles. The van der Waals surface area contributed by atoms with Gasteiger partial charge in [0.05, 0.1) is 30.7 Å². The number of sulfonamides is 1. The Labute approximate surface area is 266 Å². The van der Waals surface area contributed by atoms with Gasteiger partial charge in [-0.25, -0.2) is 8.42 Å². The standard InChI is InChI=1S/C30H31Cl4N3O4S/c1-20(30(39)35-22-8-4-2-5-9-22)36(18-21-12-14-25(31)27(33)16-21)29(38)19-37(23-13-15-26(32)28(34)17-23)42(40,41)24-10-6-3-7-11-24/h3,6-7,10-17,20,22H,2,4-5,8-9,18-19H2,1H3,(H,35,39)/t20-/m1/s1. The summed E-state index contributed by atoms with van der Waals surface area (Å²) in [5, 5.41) is 4.08. The van der Waals surface area contributed by atoms with Crippen LogP contribution in [0.3, 0.4) is 0 Å². The lowest BCUT2D eigenvalue weighted by molar-refractivity contribution is -0.139. The quantitative estimate of drug-likeness (QED) is 0.244. The highest BCUT2D eigenvalue weighted by Crippen LogP contribution is 2.31. The lowest BCUT2D eigenvalue weighted by Crippen LogP contribution is -2.53. The van der Waals surface area contributed by atoms with Crippen LogP contribution in [-0.2, 0) is 26.2 Å². The van der Waals surface area contributed by atoms with Gasteiger partial charge in [-0.05, 0) is 67.8 Å². The van der Waals surface area contributed by atoms with Crippen molar-refractivity contribution in [3.63, 3.8) is 0 Å². The normalized spacial score (nSPS) is 14.7. The number of nitrogens with zero attached hydrogens (tertiary/aromatic N) is 2. The molecule has 0 unspecified atom stereocenters. The highest BCUT2D eigenvalue weighted by Gasteiger charge is 2.33. The molecule has 1 N–H and O–H groups in total. The molecular formula is C30H31Cl4N3O4S. The van der Waals surface area contributed by atoms with E-state index in [0.29, 0.717) is 15.6 Å². The summed E-state index contributed by atoms with van der Waals surface area (Å²) in [4.78, 5) is 28.8. The van der Waals surface area contributed by atoms with E-state index >= 15 is 0 Å². The van der Waals surface area contributed by atoms with Crippen molar-refractivity contribution in [2.24, 2.45) is 0 Å². The third kappa shape index (κ3) is 7.91. The fourth-order valence-corrected chi connectivity index (χ4v) is 6.91. The number of rotatable bonds is 10. The minimum atomic E-state index is -4.22. The molecular weight excluding hydrogens is 640 g/mol. The Bertz CT molecular complexity index is 1530. The summed E-state index contributed by atoms with van der Waals surface area (Å²) >= 11 is 24.7. The van der Waals surface area contributed by atoms with Crippen molar-refractivity contribution in [1.82, 2.24) is 10.2 Å². The first-order valence-corrected chi connectivity index (χ1v) is 16.5. The minimum Gasteiger partial charge on any atom is -0.352 e. The first kappa shape index (κ1) is 32.4. The summed E-state index contributed by atoms with van der Waals surface area (Å²) in [6, 6.07) is 16.1. The van der Waals surface area contributed by atoms with Crippen LogP contribution in [0.2, 0.25) is 20.1 Å². The Morgan fingerprint density at radius 3 is 2.10 bits per heavy atom. The number of anilines is 1. The zero-order chi connectivity index (χ0) is 30.4. The van der Waals surface area contributed by atoms with Gasteiger partial charge in [0.1, 0.15) is 12.6 Å². The van der Waals surface area contributed by atoms with Gasteiger partial charge in [0, 0.05) is 12.6 Å². The molecule has 12 heteroatoms. The van der Waals surface area contributed by atoms with Gasteiger partial charge in [0.2, 0.25) is 11.8 Å². The van der Waals surface area contributed by atoms with Gasteiger partial charge < -0.3 is 10.2 Å². The maximum Gasteiger partial charge on any atom is 0.264 e. The van der Waals surface area contributed by atoms with E-state index in [-0.39, 0.29) is 39.1 Å². The second-order valence-corrected chi connectivity index (χ2v) is 13.7. The molecule has 1 saturated carbocycles. The first-order valence-electron chi connectivity index (χ1n) is 13.5. The third-order valence-corrected chi connectivity index (χ3v) is 10.5. The van der Waals surface area contributed by atoms with E-state index in [4.69, 9.17) is 46.4 Å². The Hall–Kier alpha value is -2.49. The molecule has 0 aliphatic heterocycles. The van der Waals surface area contributed by atoms with Crippen LogP contribution in [0.1, 0.15) is 44.6 Å². The second-order valence-electron chi connectivity index (χ2n) is 10.2. The monoisotopic (exact) mass is 669 g/mol. The van der Waals surface area contributed by atoms with Crippen LogP contribution in [0.15, 0.2) is 71.6 Å². The average Bonchev–Trinajstić information content (AvgIpc) is 2.98. The number of nitrogens with one attached hydrogen (secondary N) is 1. The molecule has 1 atom stereocenters. The van der Waals surface area contributed by atoms with Crippen molar-refractivity contribution in [3.05, 3.63) is 92.4 Å². The van der Waals surface area contributed by atoms with E-state index in [9.17, 15) is 18.0 Å². The van der Waals surface area contributed by atoms with E-state index in [1.807, 2.05) is 0 Å². The summed E-state index contributed by atoms with van der Waals surface area (Å²) in [5.74, 6) is -0.916. The van der Waals surface area contributed by atoms with Crippen LogP contribution in [0, 0.1) is 0 Å². The van der Waals surface area contributed by atoms with Crippen LogP contribution in [0.25, 0.3) is 0 Å². The highest BCUT2D eigenvalue weighted by atomic mass is 35.5. The lowest BCUT2D eigenvalue weighted by atomic mass is 9.95. The Morgan fingerprint density at radius 1 is 0.857 bits per heavy atom. The van der Waals surface area contributed by atoms with Gasteiger partial charge in [-0.1, -0.05) is 89.9 Å². The molecule has 0 aromatic heterocycles. The molecule has 1 aliphatic rings. The van der Waals surface area contributed by atoms with Crippen molar-refractivity contribution in [3.8, 4) is 0 Å². The van der Waals surface area contributed by atoms with Crippen molar-refractivity contribution in [2.75, 3.05) is 10.8 Å². The van der Waals surface area contributed by atoms with Crippen molar-refractivity contribution in [2.45, 2.75) is 62.6 Å². The molecule has 0 spiro atoms. The summed E-state index contributed by atoms with van der Waals surface area (Å²) in [6.07, 6.45) is 4.94. The average molecular weight is 671 g/mol. The fraction of sp³-hybridized carbons (Fsp3) is 0.333. The molecule has 0 radical (unpaired) electrons. The number of hydrogen-bond donors (Lipinski definition) is 1. The van der Waals surface area contributed by atoms with Crippen molar-refractivity contribution >= 4 is 73.9 Å². The number of carbonyl (C=O) groups excluding carboxylic acids is 2. The summed E-state index contributed by atoms with van der Waals surface area (Å²) in [6.45, 7) is 1.02. The SMILES string of the molecule is C[C@H](C(=O)NC1CCCCC1)N(Cc1ccc(Cl)c(Cl)c1)C(=O)CN(c1ccc(Cl)c(Cl)c1)S(=O)(=O)c1ccccc1. The Morgan fingerprint density at radius 2 is 1.48 bits per heavy atom. The van der Waals surface area contributed by atoms with Crippen LogP contribution in [0.4, 0.5) is 5.69 Å². The molecule has 224 valence electrons. The van der Waals surface area contributed by atoms with Gasteiger partial charge in [0.15, 0.2) is 0 Å². The second kappa shape index (κ2) is 14.3. The zero-order valence-corrected chi connectivity index (χ0v) is 26.7. The third-order valence-electron chi connectivity index (χ3n) is 7.26. The maximum atomic E-state index is 14.1. The smallest absolute Gasteiger partial charge is 0.264 e. The van der Waals surface area contributed by atoms with E-state index in [2.05, 4.69) is 5.32 Å². The first-order chi connectivity index (χ1) is 20.0. The highest BCUT2D eigenvalue weighted by molar-refractivity contribution is 7.92. The molecule has 0 bridgehead atoms. The van der Waals surface area contributed by atoms with E-state index in [0.717, 1.165) is 36.4 Å². The maximum absolute atomic E-state index is 14.1. The molecule has 42 heavy (non-hydrogen) atoms. The lowest BCUT2D eigenvalue weighted by Gasteiger charge is -2.33. The fourth-order valence-electron chi connectivity index (χ4n) is 4.87. The largest absolute Gasteiger partial charge is 0.352 e. The Balaban J connectivity index is 1.70. The Kier molecular flexibility index (Phi) is 11.1. The number of carbonyl (C=O) groups is 2. The van der Waals surface area contributed by atoms with Gasteiger partial charge in [-0.15, -0.1) is 0 Å². The number of amides is 2.